The van der Waals surface area contributed by atoms with E-state index in [1.165, 1.54) is 37.1 Å². The van der Waals surface area contributed by atoms with Crippen molar-refractivity contribution < 1.29 is 28.2 Å². The molecule has 0 aliphatic carbocycles. The number of hydrogen-bond donors (Lipinski definition) is 0. The minimum absolute atomic E-state index is 0.0439. The molecule has 7 heteroatoms. The van der Waals surface area contributed by atoms with E-state index >= 15 is 0 Å². The summed E-state index contributed by atoms with van der Waals surface area (Å²) in [4.78, 5) is 37.5. The largest absolute Gasteiger partial charge is 0.496 e. The molecule has 146 valence electrons. The van der Waals surface area contributed by atoms with E-state index in [4.69, 9.17) is 9.47 Å². The zero-order valence-electron chi connectivity index (χ0n) is 15.6. The van der Waals surface area contributed by atoms with Crippen molar-refractivity contribution in [3.63, 3.8) is 0 Å². The lowest BCUT2D eigenvalue weighted by atomic mass is 10.1. The van der Waals surface area contributed by atoms with Crippen LogP contribution < -0.4 is 9.64 Å². The fraction of sp³-hybridized carbons (Fsp3) is 0.286. The lowest BCUT2D eigenvalue weighted by molar-refractivity contribution is -0.149. The molecule has 0 radical (unpaired) electrons. The zero-order chi connectivity index (χ0) is 20.3. The van der Waals surface area contributed by atoms with Gasteiger partial charge in [0, 0.05) is 24.1 Å². The van der Waals surface area contributed by atoms with Crippen molar-refractivity contribution in [3.8, 4) is 5.75 Å². The van der Waals surface area contributed by atoms with Crippen molar-refractivity contribution in [2.45, 2.75) is 20.0 Å². The standard InChI is InChI=1S/C21H20FNO5/c1-13(24)14-7-8-19(27-2)16(9-14)12-28-21(26)15-10-20(25)23(11-15)18-6-4-3-5-17(18)22/h3-9,15H,10-12H2,1-2H3/t15-/m0/s1. The number of benzene rings is 2. The highest BCUT2D eigenvalue weighted by Gasteiger charge is 2.37. The summed E-state index contributed by atoms with van der Waals surface area (Å²) >= 11 is 0. The van der Waals surface area contributed by atoms with Crippen LogP contribution in [0.1, 0.15) is 29.3 Å². The van der Waals surface area contributed by atoms with E-state index in [2.05, 4.69) is 0 Å². The monoisotopic (exact) mass is 385 g/mol. The zero-order valence-corrected chi connectivity index (χ0v) is 15.6. The van der Waals surface area contributed by atoms with Gasteiger partial charge in [0.2, 0.25) is 5.91 Å². The van der Waals surface area contributed by atoms with Gasteiger partial charge >= 0.3 is 5.97 Å². The molecule has 1 amide bonds. The normalized spacial score (nSPS) is 16.2. The van der Waals surface area contributed by atoms with E-state index in [-0.39, 0.29) is 37.0 Å². The topological polar surface area (TPSA) is 72.9 Å². The summed E-state index contributed by atoms with van der Waals surface area (Å²) in [6.07, 6.45) is -0.0439. The number of esters is 1. The Morgan fingerprint density at radius 3 is 2.64 bits per heavy atom. The van der Waals surface area contributed by atoms with Crippen molar-refractivity contribution in [1.29, 1.82) is 0 Å². The van der Waals surface area contributed by atoms with Gasteiger partial charge in [0.25, 0.3) is 0 Å². The maximum Gasteiger partial charge on any atom is 0.311 e. The van der Waals surface area contributed by atoms with Crippen molar-refractivity contribution in [3.05, 3.63) is 59.4 Å². The minimum Gasteiger partial charge on any atom is -0.496 e. The Morgan fingerprint density at radius 2 is 1.96 bits per heavy atom. The summed E-state index contributed by atoms with van der Waals surface area (Å²) in [5, 5.41) is 0. The first kappa shape index (κ1) is 19.5. The highest BCUT2D eigenvalue weighted by Crippen LogP contribution is 2.28. The van der Waals surface area contributed by atoms with Gasteiger partial charge < -0.3 is 14.4 Å². The number of ether oxygens (including phenoxy) is 2. The van der Waals surface area contributed by atoms with E-state index in [1.54, 1.807) is 24.3 Å². The van der Waals surface area contributed by atoms with Crippen LogP contribution in [-0.4, -0.2) is 31.3 Å². The number of para-hydroxylation sites is 1. The van der Waals surface area contributed by atoms with E-state index in [0.29, 0.717) is 16.9 Å². The number of nitrogens with zero attached hydrogens (tertiary/aromatic N) is 1. The smallest absolute Gasteiger partial charge is 0.311 e. The Bertz CT molecular complexity index is 927. The molecular formula is C21H20FNO5. The number of ketones is 1. The molecule has 0 N–H and O–H groups in total. The fourth-order valence-electron chi connectivity index (χ4n) is 3.15. The number of anilines is 1. The number of carbonyl (C=O) groups excluding carboxylic acids is 3. The Morgan fingerprint density at radius 1 is 1.21 bits per heavy atom. The predicted octanol–water partition coefficient (Wildman–Crippen LogP) is 3.13. The van der Waals surface area contributed by atoms with Gasteiger partial charge in [-0.1, -0.05) is 12.1 Å². The molecule has 1 saturated heterocycles. The summed E-state index contributed by atoms with van der Waals surface area (Å²) in [7, 11) is 1.48. The lowest BCUT2D eigenvalue weighted by Gasteiger charge is -2.17. The van der Waals surface area contributed by atoms with Crippen LogP contribution in [0.25, 0.3) is 0 Å². The van der Waals surface area contributed by atoms with Crippen molar-refractivity contribution in [2.75, 3.05) is 18.6 Å². The third-order valence-electron chi connectivity index (χ3n) is 4.66. The molecule has 1 aliphatic rings. The average Bonchev–Trinajstić information content (AvgIpc) is 3.07. The second-order valence-corrected chi connectivity index (χ2v) is 6.55. The van der Waals surface area contributed by atoms with Crippen molar-refractivity contribution in [1.82, 2.24) is 0 Å². The SMILES string of the molecule is COc1ccc(C(C)=O)cc1COC(=O)[C@H]1CC(=O)N(c2ccccc2F)C1. The molecule has 1 aliphatic heterocycles. The van der Waals surface area contributed by atoms with Crippen LogP contribution in [0.4, 0.5) is 10.1 Å². The van der Waals surface area contributed by atoms with Gasteiger partial charge in [-0.25, -0.2) is 4.39 Å². The number of rotatable bonds is 6. The Labute approximate surface area is 161 Å². The van der Waals surface area contributed by atoms with Gasteiger partial charge in [0.05, 0.1) is 18.7 Å². The summed E-state index contributed by atoms with van der Waals surface area (Å²) < 4.78 is 24.5. The summed E-state index contributed by atoms with van der Waals surface area (Å²) in [6.45, 7) is 1.41. The molecule has 3 rings (SSSR count). The first-order valence-corrected chi connectivity index (χ1v) is 8.80. The molecule has 0 bridgehead atoms. The number of halogens is 1. The molecule has 2 aromatic rings. The van der Waals surface area contributed by atoms with E-state index in [0.717, 1.165) is 0 Å². The van der Waals surface area contributed by atoms with Crippen LogP contribution >= 0.6 is 0 Å². The molecular weight excluding hydrogens is 365 g/mol. The molecule has 28 heavy (non-hydrogen) atoms. The first-order valence-electron chi connectivity index (χ1n) is 8.80. The van der Waals surface area contributed by atoms with Crippen LogP contribution in [0.3, 0.4) is 0 Å². The molecule has 1 atom stereocenters. The first-order chi connectivity index (χ1) is 13.4. The lowest BCUT2D eigenvalue weighted by Crippen LogP contribution is -2.27. The summed E-state index contributed by atoms with van der Waals surface area (Å²) in [5.41, 5.74) is 1.19. The molecule has 1 heterocycles. The van der Waals surface area contributed by atoms with Gasteiger partial charge in [-0.3, -0.25) is 14.4 Å². The second kappa shape index (κ2) is 8.21. The van der Waals surface area contributed by atoms with E-state index in [9.17, 15) is 18.8 Å². The molecule has 0 aromatic heterocycles. The third-order valence-corrected chi connectivity index (χ3v) is 4.66. The van der Waals surface area contributed by atoms with Gasteiger partial charge in [-0.2, -0.15) is 0 Å². The summed E-state index contributed by atoms with van der Waals surface area (Å²) in [5.74, 6) is -1.71. The van der Waals surface area contributed by atoms with Crippen molar-refractivity contribution in [2.24, 2.45) is 5.92 Å². The van der Waals surface area contributed by atoms with E-state index in [1.807, 2.05) is 0 Å². The number of carbonyl (C=O) groups is 3. The van der Waals surface area contributed by atoms with Crippen LogP contribution in [0.2, 0.25) is 0 Å². The van der Waals surface area contributed by atoms with Crippen LogP contribution in [-0.2, 0) is 20.9 Å². The Hall–Kier alpha value is -3.22. The molecule has 2 aromatic carbocycles. The van der Waals surface area contributed by atoms with E-state index < -0.39 is 17.7 Å². The van der Waals surface area contributed by atoms with Gasteiger partial charge in [0.15, 0.2) is 5.78 Å². The fourth-order valence-corrected chi connectivity index (χ4v) is 3.15. The molecule has 1 fully saturated rings. The maximum atomic E-state index is 13.9. The quantitative estimate of drug-likeness (QED) is 0.564. The second-order valence-electron chi connectivity index (χ2n) is 6.55. The number of methoxy groups -OCH3 is 1. The number of Topliss-reactive ketones (excluding diaryl/α,β-unsaturated/α-hetero) is 1. The van der Waals surface area contributed by atoms with Gasteiger partial charge in [0.1, 0.15) is 18.2 Å². The van der Waals surface area contributed by atoms with Crippen LogP contribution in [0.5, 0.6) is 5.75 Å². The third kappa shape index (κ3) is 4.03. The van der Waals surface area contributed by atoms with Crippen LogP contribution in [0.15, 0.2) is 42.5 Å². The van der Waals surface area contributed by atoms with Crippen LogP contribution in [0, 0.1) is 11.7 Å². The highest BCUT2D eigenvalue weighted by molar-refractivity contribution is 5.99. The Kier molecular flexibility index (Phi) is 5.73. The van der Waals surface area contributed by atoms with Gasteiger partial charge in [-0.15, -0.1) is 0 Å². The minimum atomic E-state index is -0.686. The summed E-state index contributed by atoms with van der Waals surface area (Å²) in [6, 6.07) is 10.8. The molecule has 0 spiro atoms. The van der Waals surface area contributed by atoms with Gasteiger partial charge in [-0.05, 0) is 37.3 Å². The number of hydrogen-bond acceptors (Lipinski definition) is 5. The maximum absolute atomic E-state index is 13.9. The number of amides is 1. The Balaban J connectivity index is 1.68. The molecule has 6 nitrogen and oxygen atoms in total. The molecule has 0 saturated carbocycles. The van der Waals surface area contributed by atoms with Crippen molar-refractivity contribution >= 4 is 23.3 Å². The molecule has 0 unspecified atom stereocenters. The average molecular weight is 385 g/mol. The predicted molar refractivity (Wildman–Crippen MR) is 99.7 cm³/mol. The highest BCUT2D eigenvalue weighted by atomic mass is 19.1.